The summed E-state index contributed by atoms with van der Waals surface area (Å²) < 4.78 is 21.5. The monoisotopic (exact) mass is 389 g/mol. The zero-order valence-corrected chi connectivity index (χ0v) is 17.3. The van der Waals surface area contributed by atoms with Gasteiger partial charge in [-0.1, -0.05) is 6.07 Å². The maximum Gasteiger partial charge on any atom is 0.161 e. The van der Waals surface area contributed by atoms with Crippen LogP contribution in [0.2, 0.25) is 0 Å². The molecule has 0 bridgehead atoms. The number of rotatable bonds is 11. The number of nitrogens with zero attached hydrogens (tertiary/aromatic N) is 1. The van der Waals surface area contributed by atoms with E-state index in [9.17, 15) is 5.11 Å². The van der Waals surface area contributed by atoms with E-state index in [0.717, 1.165) is 11.3 Å². The van der Waals surface area contributed by atoms with Gasteiger partial charge in [0.2, 0.25) is 0 Å². The van der Waals surface area contributed by atoms with Gasteiger partial charge in [-0.25, -0.2) is 0 Å². The highest BCUT2D eigenvalue weighted by atomic mass is 16.5. The molecule has 2 aromatic rings. The molecule has 2 aromatic carbocycles. The van der Waals surface area contributed by atoms with Crippen LogP contribution < -0.4 is 18.9 Å². The molecule has 0 aliphatic rings. The Morgan fingerprint density at radius 1 is 0.857 bits per heavy atom. The maximum absolute atomic E-state index is 10.5. The third-order valence-electron chi connectivity index (χ3n) is 4.51. The Morgan fingerprint density at radius 3 is 2.07 bits per heavy atom. The first-order valence-corrected chi connectivity index (χ1v) is 9.36. The van der Waals surface area contributed by atoms with Gasteiger partial charge < -0.3 is 24.1 Å². The normalized spacial score (nSPS) is 12.1. The van der Waals surface area contributed by atoms with Crippen LogP contribution in [0.4, 0.5) is 0 Å². The summed E-state index contributed by atoms with van der Waals surface area (Å²) in [5.74, 6) is 2.88. The van der Waals surface area contributed by atoms with Gasteiger partial charge in [0.25, 0.3) is 0 Å². The van der Waals surface area contributed by atoms with Gasteiger partial charge in [0.15, 0.2) is 11.5 Å². The van der Waals surface area contributed by atoms with Gasteiger partial charge in [-0.2, -0.15) is 0 Å². The van der Waals surface area contributed by atoms with Crippen LogP contribution in [0.1, 0.15) is 19.4 Å². The Bertz CT molecular complexity index is 717. The van der Waals surface area contributed by atoms with Crippen LogP contribution >= 0.6 is 0 Å². The fraction of sp³-hybridized carbons (Fsp3) is 0.455. The molecule has 0 aromatic heterocycles. The van der Waals surface area contributed by atoms with Crippen LogP contribution in [0.5, 0.6) is 23.0 Å². The van der Waals surface area contributed by atoms with Gasteiger partial charge in [0.05, 0.1) is 21.3 Å². The average Bonchev–Trinajstić information content (AvgIpc) is 2.71. The van der Waals surface area contributed by atoms with Crippen molar-refractivity contribution in [1.82, 2.24) is 4.90 Å². The molecule has 0 aliphatic heterocycles. The lowest BCUT2D eigenvalue weighted by Gasteiger charge is -2.29. The van der Waals surface area contributed by atoms with E-state index in [1.54, 1.807) is 21.3 Å². The van der Waals surface area contributed by atoms with Crippen molar-refractivity contribution in [2.45, 2.75) is 32.5 Å². The van der Waals surface area contributed by atoms with Crippen molar-refractivity contribution in [3.05, 3.63) is 48.0 Å². The molecule has 6 nitrogen and oxygen atoms in total. The lowest BCUT2D eigenvalue weighted by Crippen LogP contribution is -2.39. The van der Waals surface area contributed by atoms with Gasteiger partial charge in [-0.15, -0.1) is 0 Å². The molecule has 0 saturated carbocycles. The molecule has 154 valence electrons. The standard InChI is InChI=1S/C22H31NO5/c1-16(2)23(13-17-6-11-21(26-4)22(12-17)27-5)14-18(24)15-28-20-9-7-19(25-3)8-10-20/h6-12,16,18,24H,13-15H2,1-5H3/t18-/m1/s1. The van der Waals surface area contributed by atoms with E-state index in [0.29, 0.717) is 30.3 Å². The quantitative estimate of drug-likeness (QED) is 0.636. The molecule has 0 fully saturated rings. The molecule has 0 aliphatic carbocycles. The van der Waals surface area contributed by atoms with Gasteiger partial charge in [-0.3, -0.25) is 4.90 Å². The molecule has 1 atom stereocenters. The smallest absolute Gasteiger partial charge is 0.161 e. The number of hydrogen-bond acceptors (Lipinski definition) is 6. The van der Waals surface area contributed by atoms with Gasteiger partial charge >= 0.3 is 0 Å². The molecule has 0 unspecified atom stereocenters. The molecule has 0 amide bonds. The van der Waals surface area contributed by atoms with Crippen LogP contribution in [0.25, 0.3) is 0 Å². The van der Waals surface area contributed by atoms with Crippen LogP contribution in [-0.4, -0.2) is 56.6 Å². The topological polar surface area (TPSA) is 60.4 Å². The molecular weight excluding hydrogens is 358 g/mol. The Kier molecular flexibility index (Phi) is 8.42. The van der Waals surface area contributed by atoms with Crippen molar-refractivity contribution >= 4 is 0 Å². The molecule has 0 spiro atoms. The van der Waals surface area contributed by atoms with E-state index in [2.05, 4.69) is 18.7 Å². The third-order valence-corrected chi connectivity index (χ3v) is 4.51. The van der Waals surface area contributed by atoms with Crippen LogP contribution in [0, 0.1) is 0 Å². The molecular formula is C22H31NO5. The predicted octanol–water partition coefficient (Wildman–Crippen LogP) is 3.36. The Hall–Kier alpha value is -2.44. The molecule has 6 heteroatoms. The minimum atomic E-state index is -0.607. The van der Waals surface area contributed by atoms with E-state index in [4.69, 9.17) is 18.9 Å². The summed E-state index contributed by atoms with van der Waals surface area (Å²) >= 11 is 0. The fourth-order valence-corrected chi connectivity index (χ4v) is 2.86. The highest BCUT2D eigenvalue weighted by Crippen LogP contribution is 2.28. The lowest BCUT2D eigenvalue weighted by atomic mass is 10.1. The molecule has 0 saturated heterocycles. The van der Waals surface area contributed by atoms with Crippen molar-refractivity contribution < 1.29 is 24.1 Å². The molecule has 0 heterocycles. The van der Waals surface area contributed by atoms with Crippen molar-refractivity contribution in [1.29, 1.82) is 0 Å². The Morgan fingerprint density at radius 2 is 1.50 bits per heavy atom. The second-order valence-corrected chi connectivity index (χ2v) is 6.85. The minimum Gasteiger partial charge on any atom is -0.497 e. The molecule has 28 heavy (non-hydrogen) atoms. The molecule has 1 N–H and O–H groups in total. The summed E-state index contributed by atoms with van der Waals surface area (Å²) in [7, 11) is 4.87. The number of aliphatic hydroxyl groups excluding tert-OH is 1. The Labute approximate surface area is 167 Å². The number of methoxy groups -OCH3 is 3. The molecule has 0 radical (unpaired) electrons. The number of hydrogen-bond donors (Lipinski definition) is 1. The summed E-state index contributed by atoms with van der Waals surface area (Å²) in [5, 5.41) is 10.5. The zero-order valence-electron chi connectivity index (χ0n) is 17.3. The number of ether oxygens (including phenoxy) is 4. The van der Waals surface area contributed by atoms with Crippen molar-refractivity contribution in [3.63, 3.8) is 0 Å². The minimum absolute atomic E-state index is 0.224. The first kappa shape index (κ1) is 21.9. The van der Waals surface area contributed by atoms with Crippen LogP contribution in [0.3, 0.4) is 0 Å². The van der Waals surface area contributed by atoms with E-state index in [-0.39, 0.29) is 12.6 Å². The van der Waals surface area contributed by atoms with Crippen molar-refractivity contribution in [2.24, 2.45) is 0 Å². The number of benzene rings is 2. The van der Waals surface area contributed by atoms with Crippen LogP contribution in [-0.2, 0) is 6.54 Å². The third kappa shape index (κ3) is 6.32. The Balaban J connectivity index is 1.94. The van der Waals surface area contributed by atoms with Crippen molar-refractivity contribution in [2.75, 3.05) is 34.5 Å². The lowest BCUT2D eigenvalue weighted by molar-refractivity contribution is 0.0543. The van der Waals surface area contributed by atoms with Crippen molar-refractivity contribution in [3.8, 4) is 23.0 Å². The van der Waals surface area contributed by atoms with E-state index < -0.39 is 6.10 Å². The summed E-state index contributed by atoms with van der Waals surface area (Å²) in [6.07, 6.45) is -0.607. The second-order valence-electron chi connectivity index (χ2n) is 6.85. The summed E-state index contributed by atoms with van der Waals surface area (Å²) in [5.41, 5.74) is 1.09. The summed E-state index contributed by atoms with van der Waals surface area (Å²) in [4.78, 5) is 2.20. The summed E-state index contributed by atoms with van der Waals surface area (Å²) in [6.45, 7) is 5.64. The van der Waals surface area contributed by atoms with Gasteiger partial charge in [0, 0.05) is 19.1 Å². The maximum atomic E-state index is 10.5. The van der Waals surface area contributed by atoms with E-state index in [1.807, 2.05) is 42.5 Å². The van der Waals surface area contributed by atoms with Gasteiger partial charge in [0.1, 0.15) is 24.2 Å². The highest BCUT2D eigenvalue weighted by molar-refractivity contribution is 5.42. The summed E-state index contributed by atoms with van der Waals surface area (Å²) in [6, 6.07) is 13.5. The zero-order chi connectivity index (χ0) is 20.5. The second kappa shape index (κ2) is 10.8. The first-order chi connectivity index (χ1) is 13.5. The SMILES string of the molecule is COc1ccc(OC[C@H](O)CN(Cc2ccc(OC)c(OC)c2)C(C)C)cc1. The van der Waals surface area contributed by atoms with E-state index in [1.165, 1.54) is 0 Å². The van der Waals surface area contributed by atoms with Gasteiger partial charge in [-0.05, 0) is 55.8 Å². The predicted molar refractivity (Wildman–Crippen MR) is 110 cm³/mol. The fourth-order valence-electron chi connectivity index (χ4n) is 2.86. The first-order valence-electron chi connectivity index (χ1n) is 9.36. The average molecular weight is 389 g/mol. The molecule has 2 rings (SSSR count). The van der Waals surface area contributed by atoms with Crippen LogP contribution in [0.15, 0.2) is 42.5 Å². The van der Waals surface area contributed by atoms with E-state index >= 15 is 0 Å². The highest BCUT2D eigenvalue weighted by Gasteiger charge is 2.17. The largest absolute Gasteiger partial charge is 0.497 e. The number of aliphatic hydroxyl groups is 1.